The predicted molar refractivity (Wildman–Crippen MR) is 112 cm³/mol. The van der Waals surface area contributed by atoms with Crippen molar-refractivity contribution in [2.45, 2.75) is 58.7 Å². The molecule has 0 unspecified atom stereocenters. The molecule has 1 aliphatic carbocycles. The topological polar surface area (TPSA) is 57.6 Å². The summed E-state index contributed by atoms with van der Waals surface area (Å²) in [5.74, 6) is 2.70. The van der Waals surface area contributed by atoms with Gasteiger partial charge in [0.05, 0.1) is 0 Å². The second-order valence-electron chi connectivity index (χ2n) is 9.86. The molecule has 152 valence electrons. The van der Waals surface area contributed by atoms with Crippen LogP contribution in [0.1, 0.15) is 46.1 Å². The van der Waals surface area contributed by atoms with Crippen molar-refractivity contribution in [3.05, 3.63) is 30.1 Å². The molecule has 3 aliphatic heterocycles. The Bertz CT molecular complexity index is 731. The molecular weight excluding hydrogens is 348 g/mol. The van der Waals surface area contributed by atoms with E-state index in [0.717, 1.165) is 31.5 Å². The lowest BCUT2D eigenvalue weighted by molar-refractivity contribution is -0.132. The summed E-state index contributed by atoms with van der Waals surface area (Å²) in [6.45, 7) is 11.9. The molecule has 0 radical (unpaired) electrons. The fourth-order valence-corrected chi connectivity index (χ4v) is 5.87. The van der Waals surface area contributed by atoms with E-state index in [4.69, 9.17) is 4.99 Å². The molecule has 1 aromatic heterocycles. The van der Waals surface area contributed by atoms with Gasteiger partial charge in [0.2, 0.25) is 5.91 Å². The first-order chi connectivity index (χ1) is 13.4. The highest BCUT2D eigenvalue weighted by molar-refractivity contribution is 5.91. The molecule has 4 bridgehead atoms. The monoisotopic (exact) mass is 382 g/mol. The predicted octanol–water partition coefficient (Wildman–Crippen LogP) is 3.16. The number of aromatic nitrogens is 1. The van der Waals surface area contributed by atoms with E-state index in [1.807, 2.05) is 18.3 Å². The summed E-state index contributed by atoms with van der Waals surface area (Å²) in [5, 5.41) is 3.20. The first-order valence-corrected chi connectivity index (χ1v) is 10.9. The van der Waals surface area contributed by atoms with Crippen molar-refractivity contribution < 1.29 is 4.79 Å². The summed E-state index contributed by atoms with van der Waals surface area (Å²) in [6, 6.07) is 4.38. The van der Waals surface area contributed by atoms with Crippen molar-refractivity contribution >= 4 is 12.1 Å². The number of hydrogen-bond acceptors (Lipinski definition) is 4. The van der Waals surface area contributed by atoms with Crippen LogP contribution in [-0.2, 0) is 11.3 Å². The lowest BCUT2D eigenvalue weighted by Gasteiger charge is -2.51. The third kappa shape index (κ3) is 3.38. The minimum absolute atomic E-state index is 0.109. The average molecular weight is 383 g/mol. The molecule has 2 fully saturated rings. The highest BCUT2D eigenvalue weighted by Crippen LogP contribution is 2.54. The van der Waals surface area contributed by atoms with Crippen LogP contribution in [0.25, 0.3) is 0 Å². The molecule has 4 heterocycles. The molecule has 5 rings (SSSR count). The van der Waals surface area contributed by atoms with Crippen molar-refractivity contribution in [3.8, 4) is 0 Å². The zero-order valence-corrected chi connectivity index (χ0v) is 17.6. The lowest BCUT2D eigenvalue weighted by Crippen LogP contribution is -2.63. The van der Waals surface area contributed by atoms with Crippen LogP contribution in [-0.4, -0.2) is 46.7 Å². The molecule has 1 saturated heterocycles. The molecule has 1 saturated carbocycles. The molecule has 0 spiro atoms. The zero-order valence-electron chi connectivity index (χ0n) is 17.6. The van der Waals surface area contributed by atoms with E-state index >= 15 is 0 Å². The molecule has 5 atom stereocenters. The van der Waals surface area contributed by atoms with Gasteiger partial charge in [0, 0.05) is 56.1 Å². The number of carbonyl (C=O) groups excluding carboxylic acids is 1. The standard InChI is InChI=1S/C23H34N4O/c1-15(2)8-20-21-19-12-26-23(20,9-18(19)14-27(21)13-16(3)4)22(28)25-11-17-6-5-7-24-10-17/h5-7,10,12,15-16,18-21H,8-9,11,13-14H2,1-4H3,(H,25,28)/t18-,19-,20+,21+,23+/m1/s1. The molecule has 1 N–H and O–H groups in total. The quantitative estimate of drug-likeness (QED) is 0.788. The van der Waals surface area contributed by atoms with Crippen molar-refractivity contribution in [1.82, 2.24) is 15.2 Å². The Morgan fingerprint density at radius 1 is 1.32 bits per heavy atom. The van der Waals surface area contributed by atoms with Crippen molar-refractivity contribution in [2.75, 3.05) is 13.1 Å². The Kier molecular flexibility index (Phi) is 5.30. The van der Waals surface area contributed by atoms with Gasteiger partial charge in [-0.3, -0.25) is 19.7 Å². The maximum atomic E-state index is 13.5. The largest absolute Gasteiger partial charge is 0.350 e. The van der Waals surface area contributed by atoms with Crippen LogP contribution in [0.4, 0.5) is 0 Å². The van der Waals surface area contributed by atoms with E-state index in [-0.39, 0.29) is 5.91 Å². The van der Waals surface area contributed by atoms with Crippen LogP contribution in [0, 0.1) is 29.6 Å². The number of amides is 1. The van der Waals surface area contributed by atoms with Crippen LogP contribution in [0.2, 0.25) is 0 Å². The summed E-state index contributed by atoms with van der Waals surface area (Å²) in [4.78, 5) is 25.3. The number of nitrogens with one attached hydrogen (secondary N) is 1. The van der Waals surface area contributed by atoms with Gasteiger partial charge in [-0.05, 0) is 42.2 Å². The summed E-state index contributed by atoms with van der Waals surface area (Å²) in [5.41, 5.74) is 0.438. The minimum Gasteiger partial charge on any atom is -0.350 e. The van der Waals surface area contributed by atoms with E-state index in [1.165, 1.54) is 0 Å². The Hall–Kier alpha value is -1.75. The molecular formula is C23H34N4O. The van der Waals surface area contributed by atoms with E-state index in [1.54, 1.807) is 6.20 Å². The third-order valence-corrected chi connectivity index (χ3v) is 6.80. The van der Waals surface area contributed by atoms with Crippen molar-refractivity contribution in [1.29, 1.82) is 0 Å². The Morgan fingerprint density at radius 3 is 2.82 bits per heavy atom. The zero-order chi connectivity index (χ0) is 19.9. The second kappa shape index (κ2) is 7.58. The van der Waals surface area contributed by atoms with Gasteiger partial charge in [0.15, 0.2) is 0 Å². The van der Waals surface area contributed by atoms with E-state index in [9.17, 15) is 4.79 Å². The fraction of sp³-hybridized carbons (Fsp3) is 0.696. The summed E-state index contributed by atoms with van der Waals surface area (Å²) in [7, 11) is 0. The Labute approximate surface area is 169 Å². The number of pyridine rings is 1. The molecule has 5 nitrogen and oxygen atoms in total. The minimum atomic E-state index is -0.595. The van der Waals surface area contributed by atoms with Gasteiger partial charge in [-0.2, -0.15) is 0 Å². The van der Waals surface area contributed by atoms with Crippen LogP contribution < -0.4 is 5.32 Å². The average Bonchev–Trinajstić information content (AvgIpc) is 2.95. The van der Waals surface area contributed by atoms with Crippen LogP contribution in [0.15, 0.2) is 29.5 Å². The molecule has 4 aliphatic rings. The highest BCUT2D eigenvalue weighted by Gasteiger charge is 2.63. The van der Waals surface area contributed by atoms with Crippen molar-refractivity contribution in [2.24, 2.45) is 34.6 Å². The number of aliphatic imine (C=N–C) groups is 1. The highest BCUT2D eigenvalue weighted by atomic mass is 16.2. The number of hydrogen-bond donors (Lipinski definition) is 1. The number of carbonyl (C=O) groups is 1. The normalized spacial score (nSPS) is 33.8. The third-order valence-electron chi connectivity index (χ3n) is 6.80. The van der Waals surface area contributed by atoms with Gasteiger partial charge in [-0.15, -0.1) is 0 Å². The summed E-state index contributed by atoms with van der Waals surface area (Å²) >= 11 is 0. The first-order valence-electron chi connectivity index (χ1n) is 10.9. The van der Waals surface area contributed by atoms with Crippen LogP contribution in [0.5, 0.6) is 0 Å². The maximum absolute atomic E-state index is 13.5. The van der Waals surface area contributed by atoms with Gasteiger partial charge >= 0.3 is 0 Å². The van der Waals surface area contributed by atoms with Crippen LogP contribution >= 0.6 is 0 Å². The van der Waals surface area contributed by atoms with E-state index < -0.39 is 5.54 Å². The first kappa shape index (κ1) is 19.6. The van der Waals surface area contributed by atoms with Gasteiger partial charge < -0.3 is 5.32 Å². The molecule has 28 heavy (non-hydrogen) atoms. The van der Waals surface area contributed by atoms with Gasteiger partial charge in [0.1, 0.15) is 5.54 Å². The summed E-state index contributed by atoms with van der Waals surface area (Å²) < 4.78 is 0. The van der Waals surface area contributed by atoms with Gasteiger partial charge in [-0.25, -0.2) is 0 Å². The maximum Gasteiger partial charge on any atom is 0.248 e. The Morgan fingerprint density at radius 2 is 2.14 bits per heavy atom. The molecule has 1 aromatic rings. The van der Waals surface area contributed by atoms with Crippen molar-refractivity contribution in [3.63, 3.8) is 0 Å². The van der Waals surface area contributed by atoms with E-state index in [2.05, 4.69) is 49.1 Å². The van der Waals surface area contributed by atoms with Gasteiger partial charge in [-0.1, -0.05) is 33.8 Å². The number of rotatable bonds is 7. The molecule has 5 heteroatoms. The van der Waals surface area contributed by atoms with Crippen LogP contribution in [0.3, 0.4) is 0 Å². The Balaban J connectivity index is 1.60. The SMILES string of the molecule is CC(C)C[C@H]1[C@@H]2[C@@H]3C=N[C@@]1(C(=O)NCc1cccnc1)C[C@@H]3CN2CC(C)C. The van der Waals surface area contributed by atoms with Gasteiger partial charge in [0.25, 0.3) is 0 Å². The molecule has 0 aromatic carbocycles. The summed E-state index contributed by atoms with van der Waals surface area (Å²) in [6.07, 6.45) is 7.67. The fourth-order valence-electron chi connectivity index (χ4n) is 5.87. The van der Waals surface area contributed by atoms with E-state index in [0.29, 0.717) is 42.2 Å². The molecule has 1 amide bonds. The number of likely N-dealkylation sites (tertiary alicyclic amines) is 1. The number of nitrogens with zero attached hydrogens (tertiary/aromatic N) is 3. The smallest absolute Gasteiger partial charge is 0.248 e. The second-order valence-corrected chi connectivity index (χ2v) is 9.86. The lowest BCUT2D eigenvalue weighted by atomic mass is 9.59.